The van der Waals surface area contributed by atoms with Crippen molar-refractivity contribution in [1.82, 2.24) is 4.57 Å². The quantitative estimate of drug-likeness (QED) is 0.607. The maximum Gasteiger partial charge on any atom is 0.198 e. The van der Waals surface area contributed by atoms with Gasteiger partial charge in [-0.05, 0) is 6.42 Å². The molecule has 0 aliphatic heterocycles. The molecular formula is C17H27NO2Si. The lowest BCUT2D eigenvalue weighted by molar-refractivity contribution is 0.376. The lowest BCUT2D eigenvalue weighted by atomic mass is 10.0. The Balaban J connectivity index is 2.60. The van der Waals surface area contributed by atoms with E-state index in [-0.39, 0.29) is 11.8 Å². The number of fused-ring (bicyclic) bond motifs is 1. The molecule has 1 aromatic rings. The topological polar surface area (TPSA) is 45.4 Å². The molecule has 0 saturated heterocycles. The molecule has 3 nitrogen and oxygen atoms in total. The average Bonchev–Trinajstić information content (AvgIpc) is 2.76. The van der Waals surface area contributed by atoms with E-state index >= 15 is 0 Å². The van der Waals surface area contributed by atoms with Crippen LogP contribution in [0.3, 0.4) is 0 Å². The Hall–Kier alpha value is -1.42. The minimum atomic E-state index is -1.53. The van der Waals surface area contributed by atoms with Gasteiger partial charge in [-0.2, -0.15) is 0 Å². The van der Waals surface area contributed by atoms with E-state index in [2.05, 4.69) is 39.5 Å². The zero-order chi connectivity index (χ0) is 15.6. The smallest absolute Gasteiger partial charge is 0.198 e. The summed E-state index contributed by atoms with van der Waals surface area (Å²) >= 11 is 0. The molecule has 4 heteroatoms. The van der Waals surface area contributed by atoms with E-state index in [9.17, 15) is 10.2 Å². The normalized spacial score (nSPS) is 17.8. The molecule has 21 heavy (non-hydrogen) atoms. The first-order valence-electron chi connectivity index (χ1n) is 7.96. The van der Waals surface area contributed by atoms with Crippen LogP contribution in [0.2, 0.25) is 18.1 Å². The lowest BCUT2D eigenvalue weighted by Gasteiger charge is -2.37. The number of rotatable bonds is 6. The van der Waals surface area contributed by atoms with Crippen LogP contribution in [-0.2, 0) is 13.0 Å². The molecule has 0 spiro atoms. The zero-order valence-electron chi connectivity index (χ0n) is 13.4. The molecule has 116 valence electrons. The van der Waals surface area contributed by atoms with Crippen molar-refractivity contribution in [2.75, 3.05) is 0 Å². The number of hydrogen-bond donors (Lipinski definition) is 2. The molecule has 1 unspecified atom stereocenters. The molecule has 0 fully saturated rings. The Morgan fingerprint density at radius 2 is 1.86 bits per heavy atom. The first-order chi connectivity index (χ1) is 10.1. The van der Waals surface area contributed by atoms with Crippen molar-refractivity contribution >= 4 is 8.07 Å². The van der Waals surface area contributed by atoms with Gasteiger partial charge in [-0.15, -0.1) is 6.58 Å². The maximum atomic E-state index is 10.7. The second-order valence-electron chi connectivity index (χ2n) is 5.97. The average molecular weight is 305 g/mol. The lowest BCUT2D eigenvalue weighted by Crippen LogP contribution is -2.39. The molecule has 1 aliphatic rings. The van der Waals surface area contributed by atoms with E-state index in [0.717, 1.165) is 11.1 Å². The van der Waals surface area contributed by atoms with Crippen molar-refractivity contribution < 1.29 is 10.2 Å². The van der Waals surface area contributed by atoms with E-state index in [1.807, 2.05) is 0 Å². The molecule has 1 aromatic heterocycles. The van der Waals surface area contributed by atoms with Crippen LogP contribution < -0.4 is 0 Å². The molecule has 0 aromatic carbocycles. The molecule has 1 atom stereocenters. The summed E-state index contributed by atoms with van der Waals surface area (Å²) in [4.78, 5) is 0. The van der Waals surface area contributed by atoms with E-state index < -0.39 is 8.07 Å². The molecule has 0 amide bonds. The van der Waals surface area contributed by atoms with Crippen LogP contribution in [0.15, 0.2) is 24.8 Å². The number of aromatic nitrogens is 1. The van der Waals surface area contributed by atoms with Crippen LogP contribution in [0.1, 0.15) is 37.4 Å². The number of aromatic hydroxyl groups is 2. The van der Waals surface area contributed by atoms with Gasteiger partial charge in [0.05, 0.1) is 8.07 Å². The number of nitrogens with zero attached hydrogens (tertiary/aromatic N) is 1. The van der Waals surface area contributed by atoms with Crippen LogP contribution in [-0.4, -0.2) is 22.9 Å². The summed E-state index contributed by atoms with van der Waals surface area (Å²) < 4.78 is 1.58. The molecule has 0 bridgehead atoms. The third kappa shape index (κ3) is 2.35. The maximum absolute atomic E-state index is 10.7. The predicted molar refractivity (Wildman–Crippen MR) is 90.7 cm³/mol. The van der Waals surface area contributed by atoms with Crippen LogP contribution in [0.5, 0.6) is 11.8 Å². The van der Waals surface area contributed by atoms with Gasteiger partial charge < -0.3 is 10.2 Å². The van der Waals surface area contributed by atoms with Crippen molar-refractivity contribution in [3.8, 4) is 11.8 Å². The fourth-order valence-electron chi connectivity index (χ4n) is 3.83. The van der Waals surface area contributed by atoms with Crippen molar-refractivity contribution in [1.29, 1.82) is 0 Å². The first kappa shape index (κ1) is 16.0. The van der Waals surface area contributed by atoms with Gasteiger partial charge in [-0.3, -0.25) is 4.57 Å². The summed E-state index contributed by atoms with van der Waals surface area (Å²) in [5, 5.41) is 21.1. The van der Waals surface area contributed by atoms with Crippen LogP contribution in [0.4, 0.5) is 0 Å². The highest BCUT2D eigenvalue weighted by atomic mass is 28.3. The Labute approximate surface area is 128 Å². The van der Waals surface area contributed by atoms with Gasteiger partial charge in [0.2, 0.25) is 0 Å². The van der Waals surface area contributed by atoms with E-state index in [1.165, 1.54) is 18.1 Å². The largest absolute Gasteiger partial charge is 0.494 e. The Bertz CT molecular complexity index is 547. The third-order valence-corrected chi connectivity index (χ3v) is 11.4. The fraction of sp³-hybridized carbons (Fsp3) is 0.529. The molecule has 0 radical (unpaired) electrons. The molecule has 2 rings (SSSR count). The standard InChI is InChI=1S/C17H27NO2Si/c1-5-12-18-16(19)13-10-9-11-14(15(13)17(18)20)21(6-2,7-3)8-4/h5,9,11,14,19-20H,1,6-8,10,12H2,2-4H3. The van der Waals surface area contributed by atoms with Gasteiger partial charge in [0, 0.05) is 23.2 Å². The van der Waals surface area contributed by atoms with Crippen LogP contribution >= 0.6 is 0 Å². The second-order valence-corrected chi connectivity index (χ2v) is 11.4. The van der Waals surface area contributed by atoms with Crippen molar-refractivity contribution in [2.45, 2.75) is 57.4 Å². The molecule has 2 N–H and O–H groups in total. The minimum Gasteiger partial charge on any atom is -0.494 e. The third-order valence-electron chi connectivity index (χ3n) is 5.39. The summed E-state index contributed by atoms with van der Waals surface area (Å²) in [6.45, 7) is 11.0. The molecule has 1 heterocycles. The van der Waals surface area contributed by atoms with Gasteiger partial charge in [0.1, 0.15) is 0 Å². The van der Waals surface area contributed by atoms with E-state index in [1.54, 1.807) is 10.6 Å². The molecular weight excluding hydrogens is 278 g/mol. The van der Waals surface area contributed by atoms with E-state index in [0.29, 0.717) is 18.5 Å². The van der Waals surface area contributed by atoms with Crippen LogP contribution in [0, 0.1) is 0 Å². The Morgan fingerprint density at radius 1 is 1.24 bits per heavy atom. The van der Waals surface area contributed by atoms with Gasteiger partial charge in [-0.1, -0.05) is 57.1 Å². The first-order valence-corrected chi connectivity index (χ1v) is 10.7. The fourth-order valence-corrected chi connectivity index (χ4v) is 8.11. The molecule has 1 aliphatic carbocycles. The van der Waals surface area contributed by atoms with Crippen molar-refractivity contribution in [3.05, 3.63) is 35.9 Å². The summed E-state index contributed by atoms with van der Waals surface area (Å²) in [7, 11) is -1.53. The predicted octanol–water partition coefficient (Wildman–Crippen LogP) is 4.33. The summed E-state index contributed by atoms with van der Waals surface area (Å²) in [5.74, 6) is 0.451. The van der Waals surface area contributed by atoms with Gasteiger partial charge in [0.15, 0.2) is 11.8 Å². The van der Waals surface area contributed by atoms with Crippen LogP contribution in [0.25, 0.3) is 0 Å². The minimum absolute atomic E-state index is 0.211. The highest BCUT2D eigenvalue weighted by Crippen LogP contribution is 2.48. The van der Waals surface area contributed by atoms with Crippen molar-refractivity contribution in [2.24, 2.45) is 0 Å². The Morgan fingerprint density at radius 3 is 2.38 bits per heavy atom. The van der Waals surface area contributed by atoms with Crippen molar-refractivity contribution in [3.63, 3.8) is 0 Å². The van der Waals surface area contributed by atoms with Gasteiger partial charge >= 0.3 is 0 Å². The van der Waals surface area contributed by atoms with E-state index in [4.69, 9.17) is 0 Å². The Kier molecular flexibility index (Phi) is 4.66. The SMILES string of the molecule is C=CCn1c(O)c2c(c1O)C([Si](CC)(CC)CC)C=CC2. The van der Waals surface area contributed by atoms with Gasteiger partial charge in [0.25, 0.3) is 0 Å². The molecule has 0 saturated carbocycles. The zero-order valence-corrected chi connectivity index (χ0v) is 14.4. The highest BCUT2D eigenvalue weighted by Gasteiger charge is 2.41. The number of hydrogen-bond acceptors (Lipinski definition) is 2. The monoisotopic (exact) mass is 305 g/mol. The summed E-state index contributed by atoms with van der Waals surface area (Å²) in [6.07, 6.45) is 6.85. The number of allylic oxidation sites excluding steroid dienone is 3. The second kappa shape index (κ2) is 6.14. The summed E-state index contributed by atoms with van der Waals surface area (Å²) in [5.41, 5.74) is 2.20. The highest BCUT2D eigenvalue weighted by molar-refractivity contribution is 6.81. The van der Waals surface area contributed by atoms with Gasteiger partial charge in [-0.25, -0.2) is 0 Å². The summed E-state index contributed by atoms with van der Waals surface area (Å²) in [6, 6.07) is 3.59.